The molecule has 3 rings (SSSR count). The van der Waals surface area contributed by atoms with Crippen molar-refractivity contribution in [1.29, 1.82) is 0 Å². The Morgan fingerprint density at radius 1 is 1.13 bits per heavy atom. The van der Waals surface area contributed by atoms with Crippen molar-refractivity contribution in [1.82, 2.24) is 9.62 Å². The van der Waals surface area contributed by atoms with Crippen LogP contribution in [0, 0.1) is 5.82 Å². The van der Waals surface area contributed by atoms with Crippen molar-refractivity contribution in [3.8, 4) is 5.75 Å². The normalized spacial score (nSPS) is 15.4. The molecule has 2 aromatic carbocycles. The van der Waals surface area contributed by atoms with Crippen LogP contribution in [-0.2, 0) is 16.6 Å². The van der Waals surface area contributed by atoms with Crippen LogP contribution in [0.15, 0.2) is 41.3 Å². The second-order valence-electron chi connectivity index (χ2n) is 7.12. The molecule has 1 aliphatic rings. The Hall–Kier alpha value is -2.16. The molecular weight excluding hydrogens is 431 g/mol. The number of nitrogens with zero attached hydrogens (tertiary/aromatic N) is 1. The van der Waals surface area contributed by atoms with Crippen LogP contribution in [-0.4, -0.2) is 38.8 Å². The van der Waals surface area contributed by atoms with Crippen molar-refractivity contribution in [2.45, 2.75) is 37.1 Å². The highest BCUT2D eigenvalue weighted by Gasteiger charge is 2.28. The molecule has 0 aromatic heterocycles. The largest absolute Gasteiger partial charge is 0.494 e. The van der Waals surface area contributed by atoms with Crippen LogP contribution in [0.4, 0.5) is 4.39 Å². The van der Waals surface area contributed by atoms with Crippen LogP contribution in [0.1, 0.15) is 41.6 Å². The fraction of sp³-hybridized carbons (Fsp3) is 0.381. The van der Waals surface area contributed by atoms with Crippen LogP contribution in [0.3, 0.4) is 0 Å². The Morgan fingerprint density at radius 2 is 1.83 bits per heavy atom. The number of rotatable bonds is 6. The Kier molecular flexibility index (Phi) is 7.33. The molecule has 162 valence electrons. The third kappa shape index (κ3) is 5.11. The molecule has 2 aromatic rings. The number of amides is 1. The molecule has 0 spiro atoms. The third-order valence-electron chi connectivity index (χ3n) is 5.05. The number of benzene rings is 2. The highest BCUT2D eigenvalue weighted by atomic mass is 35.5. The molecule has 9 heteroatoms. The van der Waals surface area contributed by atoms with Gasteiger partial charge in [0.15, 0.2) is 11.6 Å². The van der Waals surface area contributed by atoms with E-state index in [9.17, 15) is 17.6 Å². The van der Waals surface area contributed by atoms with Gasteiger partial charge in [0.05, 0.1) is 12.1 Å². The van der Waals surface area contributed by atoms with Gasteiger partial charge < -0.3 is 10.1 Å². The number of methoxy groups -OCH3 is 1. The molecule has 0 atom stereocenters. The fourth-order valence-corrected chi connectivity index (χ4v) is 5.39. The van der Waals surface area contributed by atoms with E-state index in [-0.39, 0.29) is 27.8 Å². The average molecular weight is 455 g/mol. The summed E-state index contributed by atoms with van der Waals surface area (Å²) in [6.45, 7) is 0.965. The number of ether oxygens (including phenoxy) is 1. The van der Waals surface area contributed by atoms with E-state index in [2.05, 4.69) is 5.32 Å². The zero-order chi connectivity index (χ0) is 21.7. The second kappa shape index (κ2) is 9.76. The monoisotopic (exact) mass is 454 g/mol. The zero-order valence-corrected chi connectivity index (χ0v) is 18.2. The van der Waals surface area contributed by atoms with Gasteiger partial charge >= 0.3 is 0 Å². The number of hydrogen-bond acceptors (Lipinski definition) is 4. The molecule has 1 N–H and O–H groups in total. The summed E-state index contributed by atoms with van der Waals surface area (Å²) in [5.41, 5.74) is 0.717. The van der Waals surface area contributed by atoms with Crippen molar-refractivity contribution < 1.29 is 22.3 Å². The molecule has 0 aliphatic carbocycles. The minimum Gasteiger partial charge on any atom is -0.494 e. The SMILES string of the molecule is COc1ccc(CNC(=O)c2ccc(Cl)c(S(=O)(=O)N3CCCCCC3)c2)cc1F. The van der Waals surface area contributed by atoms with Crippen LogP contribution >= 0.6 is 11.6 Å². The quantitative estimate of drug-likeness (QED) is 0.716. The molecule has 0 saturated carbocycles. The standard InChI is InChI=1S/C21H24ClFN2O4S/c1-29-19-9-6-15(12-18(19)23)14-24-21(26)16-7-8-17(22)20(13-16)30(27,28)25-10-4-2-3-5-11-25/h6-9,12-13H,2-5,10-11,14H2,1H3,(H,24,26). The first-order valence-electron chi connectivity index (χ1n) is 9.73. The Bertz CT molecular complexity index is 1020. The summed E-state index contributed by atoms with van der Waals surface area (Å²) in [4.78, 5) is 12.5. The molecule has 1 saturated heterocycles. The van der Waals surface area contributed by atoms with Crippen molar-refractivity contribution in [2.24, 2.45) is 0 Å². The van der Waals surface area contributed by atoms with Crippen molar-refractivity contribution >= 4 is 27.5 Å². The fourth-order valence-electron chi connectivity index (χ4n) is 3.37. The van der Waals surface area contributed by atoms with Gasteiger partial charge in [-0.1, -0.05) is 30.5 Å². The maximum absolute atomic E-state index is 13.8. The summed E-state index contributed by atoms with van der Waals surface area (Å²) in [5, 5.41) is 2.75. The number of nitrogens with one attached hydrogen (secondary N) is 1. The number of halogens is 2. The van der Waals surface area contributed by atoms with E-state index >= 15 is 0 Å². The lowest BCUT2D eigenvalue weighted by Crippen LogP contribution is -2.32. The number of sulfonamides is 1. The summed E-state index contributed by atoms with van der Waals surface area (Å²) in [5.74, 6) is -0.886. The average Bonchev–Trinajstić information content (AvgIpc) is 3.02. The summed E-state index contributed by atoms with van der Waals surface area (Å²) in [6, 6.07) is 8.56. The maximum atomic E-state index is 13.8. The summed E-state index contributed by atoms with van der Waals surface area (Å²) >= 11 is 6.17. The van der Waals surface area contributed by atoms with E-state index in [0.29, 0.717) is 18.7 Å². The molecule has 30 heavy (non-hydrogen) atoms. The molecule has 1 heterocycles. The number of hydrogen-bond donors (Lipinski definition) is 1. The molecule has 1 amide bonds. The van der Waals surface area contributed by atoms with Crippen molar-refractivity contribution in [3.05, 3.63) is 58.4 Å². The van der Waals surface area contributed by atoms with Crippen LogP contribution in [0.5, 0.6) is 5.75 Å². The summed E-state index contributed by atoms with van der Waals surface area (Å²) < 4.78 is 46.3. The van der Waals surface area contributed by atoms with Crippen molar-refractivity contribution in [2.75, 3.05) is 20.2 Å². The topological polar surface area (TPSA) is 75.7 Å². The van der Waals surface area contributed by atoms with Crippen LogP contribution in [0.25, 0.3) is 0 Å². The molecule has 0 unspecified atom stereocenters. The highest BCUT2D eigenvalue weighted by Crippen LogP contribution is 2.28. The Morgan fingerprint density at radius 3 is 2.47 bits per heavy atom. The third-order valence-corrected chi connectivity index (χ3v) is 7.43. The van der Waals surface area contributed by atoms with Gasteiger partial charge in [-0.25, -0.2) is 12.8 Å². The van der Waals surface area contributed by atoms with Crippen molar-refractivity contribution in [3.63, 3.8) is 0 Å². The van der Waals surface area contributed by atoms with E-state index in [1.165, 1.54) is 41.7 Å². The van der Waals surface area contributed by atoms with Crippen LogP contribution < -0.4 is 10.1 Å². The molecule has 1 aliphatic heterocycles. The van der Waals surface area contributed by atoms with Gasteiger partial charge in [-0.15, -0.1) is 0 Å². The lowest BCUT2D eigenvalue weighted by atomic mass is 10.2. The first kappa shape index (κ1) is 22.5. The predicted molar refractivity (Wildman–Crippen MR) is 113 cm³/mol. The highest BCUT2D eigenvalue weighted by molar-refractivity contribution is 7.89. The van der Waals surface area contributed by atoms with Gasteiger partial charge in [-0.2, -0.15) is 4.31 Å². The molecule has 1 fully saturated rings. The minimum atomic E-state index is -3.79. The van der Waals surface area contributed by atoms with Gasteiger partial charge in [-0.3, -0.25) is 4.79 Å². The van der Waals surface area contributed by atoms with Gasteiger partial charge in [0.25, 0.3) is 5.91 Å². The second-order valence-corrected chi connectivity index (χ2v) is 9.43. The summed E-state index contributed by atoms with van der Waals surface area (Å²) in [6.07, 6.45) is 3.59. The minimum absolute atomic E-state index is 0.0748. The van der Waals surface area contributed by atoms with Gasteiger partial charge in [0.2, 0.25) is 10.0 Å². The number of carbonyl (C=O) groups excluding carboxylic acids is 1. The number of carbonyl (C=O) groups is 1. The zero-order valence-electron chi connectivity index (χ0n) is 16.7. The predicted octanol–water partition coefficient (Wildman–Crippen LogP) is 3.98. The van der Waals surface area contributed by atoms with E-state index in [4.69, 9.17) is 16.3 Å². The molecule has 0 radical (unpaired) electrons. The molecular formula is C21H24ClFN2O4S. The summed E-state index contributed by atoms with van der Waals surface area (Å²) in [7, 11) is -2.42. The first-order valence-corrected chi connectivity index (χ1v) is 11.5. The smallest absolute Gasteiger partial charge is 0.251 e. The Labute approximate surface area is 181 Å². The van der Waals surface area contributed by atoms with Gasteiger partial charge in [0, 0.05) is 25.2 Å². The van der Waals surface area contributed by atoms with Gasteiger partial charge in [-0.05, 0) is 48.7 Å². The maximum Gasteiger partial charge on any atom is 0.251 e. The van der Waals surface area contributed by atoms with Crippen LogP contribution in [0.2, 0.25) is 5.02 Å². The lowest BCUT2D eigenvalue weighted by Gasteiger charge is -2.21. The van der Waals surface area contributed by atoms with E-state index in [1.54, 1.807) is 6.07 Å². The van der Waals surface area contributed by atoms with Gasteiger partial charge in [0.1, 0.15) is 4.90 Å². The first-order chi connectivity index (χ1) is 14.3. The van der Waals surface area contributed by atoms with E-state index in [0.717, 1.165) is 25.7 Å². The Balaban J connectivity index is 1.77. The van der Waals surface area contributed by atoms with E-state index in [1.807, 2.05) is 0 Å². The molecule has 6 nitrogen and oxygen atoms in total. The van der Waals surface area contributed by atoms with E-state index < -0.39 is 21.7 Å². The molecule has 0 bridgehead atoms. The lowest BCUT2D eigenvalue weighted by molar-refractivity contribution is 0.0950.